The predicted molar refractivity (Wildman–Crippen MR) is 83.8 cm³/mol. The van der Waals surface area contributed by atoms with E-state index in [2.05, 4.69) is 15.0 Å². The van der Waals surface area contributed by atoms with Crippen LogP contribution in [0.4, 0.5) is 0 Å². The van der Waals surface area contributed by atoms with Crippen LogP contribution in [0.25, 0.3) is 21.3 Å². The number of hydrogen-bond acceptors (Lipinski definition) is 4. The Morgan fingerprint density at radius 2 is 2.19 bits per heavy atom. The van der Waals surface area contributed by atoms with Gasteiger partial charge in [-0.3, -0.25) is 9.36 Å². The van der Waals surface area contributed by atoms with Crippen LogP contribution in [0.1, 0.15) is 10.7 Å². The van der Waals surface area contributed by atoms with Crippen LogP contribution in [0.3, 0.4) is 0 Å². The molecule has 0 radical (unpaired) electrons. The quantitative estimate of drug-likeness (QED) is 0.618. The predicted octanol–water partition coefficient (Wildman–Crippen LogP) is 2.69. The minimum absolute atomic E-state index is 0.0233. The number of nitrogens with zero attached hydrogens (tertiary/aromatic N) is 3. The van der Waals surface area contributed by atoms with Gasteiger partial charge < -0.3 is 4.98 Å². The van der Waals surface area contributed by atoms with E-state index in [9.17, 15) is 4.79 Å². The normalized spacial score (nSPS) is 11.5. The van der Waals surface area contributed by atoms with Crippen LogP contribution in [-0.2, 0) is 6.54 Å². The monoisotopic (exact) mass is 296 g/mol. The number of thiophene rings is 1. The number of benzene rings is 1. The van der Waals surface area contributed by atoms with Crippen LogP contribution in [-0.4, -0.2) is 19.5 Å². The molecule has 6 heteroatoms. The van der Waals surface area contributed by atoms with Crippen LogP contribution >= 0.6 is 11.3 Å². The maximum Gasteiger partial charge on any atom is 0.262 e. The van der Waals surface area contributed by atoms with Crippen LogP contribution in [0.2, 0.25) is 0 Å². The van der Waals surface area contributed by atoms with E-state index >= 15 is 0 Å². The molecule has 0 aliphatic rings. The van der Waals surface area contributed by atoms with Crippen molar-refractivity contribution >= 4 is 32.6 Å². The van der Waals surface area contributed by atoms with Gasteiger partial charge in [-0.05, 0) is 25.1 Å². The first-order chi connectivity index (χ1) is 10.2. The molecule has 0 spiro atoms. The molecule has 1 aromatic carbocycles. The third kappa shape index (κ3) is 2.04. The highest BCUT2D eigenvalue weighted by molar-refractivity contribution is 7.18. The lowest BCUT2D eigenvalue weighted by molar-refractivity contribution is 0.718. The lowest BCUT2D eigenvalue weighted by Crippen LogP contribution is -2.21. The van der Waals surface area contributed by atoms with E-state index < -0.39 is 0 Å². The van der Waals surface area contributed by atoms with Gasteiger partial charge in [-0.25, -0.2) is 9.97 Å². The summed E-state index contributed by atoms with van der Waals surface area (Å²) in [6, 6.07) is 9.71. The van der Waals surface area contributed by atoms with E-state index in [0.29, 0.717) is 11.9 Å². The van der Waals surface area contributed by atoms with Gasteiger partial charge in [0, 0.05) is 4.88 Å². The maximum atomic E-state index is 12.4. The molecule has 0 unspecified atom stereocenters. The van der Waals surface area contributed by atoms with Gasteiger partial charge in [0.05, 0.1) is 29.3 Å². The first-order valence-corrected chi connectivity index (χ1v) is 7.41. The first-order valence-electron chi connectivity index (χ1n) is 6.60. The average molecular weight is 296 g/mol. The Kier molecular flexibility index (Phi) is 2.65. The van der Waals surface area contributed by atoms with Crippen molar-refractivity contribution in [3.8, 4) is 0 Å². The SMILES string of the molecule is Cc1cc2c(=O)n(Cc3nc4ccccc4[nH]3)cnc2s1. The lowest BCUT2D eigenvalue weighted by atomic mass is 10.3. The Morgan fingerprint density at radius 3 is 3.05 bits per heavy atom. The lowest BCUT2D eigenvalue weighted by Gasteiger charge is -2.02. The molecule has 0 aliphatic heterocycles. The van der Waals surface area contributed by atoms with E-state index in [1.54, 1.807) is 10.9 Å². The number of para-hydroxylation sites is 2. The summed E-state index contributed by atoms with van der Waals surface area (Å²) in [7, 11) is 0. The molecule has 5 nitrogen and oxygen atoms in total. The topological polar surface area (TPSA) is 63.6 Å². The van der Waals surface area contributed by atoms with E-state index in [1.165, 1.54) is 11.3 Å². The fourth-order valence-corrected chi connectivity index (χ4v) is 3.27. The van der Waals surface area contributed by atoms with Gasteiger partial charge in [0.15, 0.2) is 0 Å². The average Bonchev–Trinajstić information content (AvgIpc) is 3.04. The van der Waals surface area contributed by atoms with Crippen molar-refractivity contribution in [1.82, 2.24) is 19.5 Å². The van der Waals surface area contributed by atoms with Gasteiger partial charge in [0.1, 0.15) is 10.7 Å². The van der Waals surface area contributed by atoms with Gasteiger partial charge in [0.25, 0.3) is 5.56 Å². The van der Waals surface area contributed by atoms with E-state index in [4.69, 9.17) is 0 Å². The van der Waals surface area contributed by atoms with Crippen LogP contribution in [0.5, 0.6) is 0 Å². The Balaban J connectivity index is 1.79. The van der Waals surface area contributed by atoms with Gasteiger partial charge >= 0.3 is 0 Å². The molecule has 21 heavy (non-hydrogen) atoms. The second-order valence-electron chi connectivity index (χ2n) is 4.95. The second-order valence-corrected chi connectivity index (χ2v) is 6.19. The molecule has 0 saturated carbocycles. The summed E-state index contributed by atoms with van der Waals surface area (Å²) < 4.78 is 1.59. The molecule has 0 aliphatic carbocycles. The Hall–Kier alpha value is -2.47. The maximum absolute atomic E-state index is 12.4. The molecule has 0 amide bonds. The Morgan fingerprint density at radius 1 is 1.33 bits per heavy atom. The highest BCUT2D eigenvalue weighted by Gasteiger charge is 2.09. The molecule has 0 atom stereocenters. The van der Waals surface area contributed by atoms with Crippen molar-refractivity contribution in [2.75, 3.05) is 0 Å². The molecule has 104 valence electrons. The summed E-state index contributed by atoms with van der Waals surface area (Å²) in [4.78, 5) is 26.4. The van der Waals surface area contributed by atoms with Crippen molar-refractivity contribution in [3.63, 3.8) is 0 Å². The number of aryl methyl sites for hydroxylation is 1. The summed E-state index contributed by atoms with van der Waals surface area (Å²) in [5, 5.41) is 0.677. The number of nitrogens with one attached hydrogen (secondary N) is 1. The zero-order valence-corrected chi connectivity index (χ0v) is 12.1. The zero-order valence-electron chi connectivity index (χ0n) is 11.3. The van der Waals surface area contributed by atoms with E-state index in [-0.39, 0.29) is 5.56 Å². The summed E-state index contributed by atoms with van der Waals surface area (Å²) >= 11 is 1.54. The largest absolute Gasteiger partial charge is 0.340 e. The second kappa shape index (κ2) is 4.53. The molecule has 0 saturated heterocycles. The van der Waals surface area contributed by atoms with Gasteiger partial charge in [-0.2, -0.15) is 0 Å². The minimum Gasteiger partial charge on any atom is -0.340 e. The summed E-state index contributed by atoms with van der Waals surface area (Å²) in [6.45, 7) is 2.38. The van der Waals surface area contributed by atoms with Crippen molar-refractivity contribution in [2.45, 2.75) is 13.5 Å². The molecule has 4 rings (SSSR count). The fraction of sp³-hybridized carbons (Fsp3) is 0.133. The number of H-pyrrole nitrogens is 1. The molecular formula is C15H12N4OS. The number of rotatable bonds is 2. The minimum atomic E-state index is -0.0233. The van der Waals surface area contributed by atoms with E-state index in [1.807, 2.05) is 37.3 Å². The smallest absolute Gasteiger partial charge is 0.262 e. The molecule has 4 aromatic rings. The number of imidazole rings is 1. The number of aromatic nitrogens is 4. The molecule has 0 fully saturated rings. The third-order valence-electron chi connectivity index (χ3n) is 3.40. The summed E-state index contributed by atoms with van der Waals surface area (Å²) in [5.41, 5.74) is 1.85. The third-order valence-corrected chi connectivity index (χ3v) is 4.36. The highest BCUT2D eigenvalue weighted by atomic mass is 32.1. The number of fused-ring (bicyclic) bond motifs is 2. The molecule has 1 N–H and O–H groups in total. The van der Waals surface area contributed by atoms with Crippen molar-refractivity contribution in [1.29, 1.82) is 0 Å². The van der Waals surface area contributed by atoms with Gasteiger partial charge in [-0.1, -0.05) is 12.1 Å². The van der Waals surface area contributed by atoms with Crippen molar-refractivity contribution < 1.29 is 0 Å². The summed E-state index contributed by atoms with van der Waals surface area (Å²) in [6.07, 6.45) is 1.59. The van der Waals surface area contributed by atoms with Gasteiger partial charge in [-0.15, -0.1) is 11.3 Å². The number of aromatic amines is 1. The highest BCUT2D eigenvalue weighted by Crippen LogP contribution is 2.19. The first kappa shape index (κ1) is 12.3. The fourth-order valence-electron chi connectivity index (χ4n) is 2.43. The summed E-state index contributed by atoms with van der Waals surface area (Å²) in [5.74, 6) is 0.756. The standard InChI is InChI=1S/C15H12N4OS/c1-9-6-10-14(21-9)16-8-19(15(10)20)7-13-17-11-4-2-3-5-12(11)18-13/h2-6,8H,7H2,1H3,(H,17,18). The van der Waals surface area contributed by atoms with Crippen LogP contribution in [0, 0.1) is 6.92 Å². The van der Waals surface area contributed by atoms with Gasteiger partial charge in [0.2, 0.25) is 0 Å². The number of hydrogen-bond donors (Lipinski definition) is 1. The Bertz CT molecular complexity index is 978. The molecule has 0 bridgehead atoms. The molecular weight excluding hydrogens is 284 g/mol. The van der Waals surface area contributed by atoms with Crippen molar-refractivity contribution in [2.24, 2.45) is 0 Å². The molecule has 3 aromatic heterocycles. The van der Waals surface area contributed by atoms with Crippen molar-refractivity contribution in [3.05, 3.63) is 57.7 Å². The molecule has 3 heterocycles. The van der Waals surface area contributed by atoms with E-state index in [0.717, 1.165) is 26.6 Å². The van der Waals surface area contributed by atoms with Crippen LogP contribution < -0.4 is 5.56 Å². The Labute approximate surface area is 123 Å². The van der Waals surface area contributed by atoms with Crippen LogP contribution in [0.15, 0.2) is 41.5 Å². The zero-order chi connectivity index (χ0) is 14.4.